The standard InChI is InChI=1S/C23H28FN5O3/c1-15(30)28-12-10-18-19(13-28)26-23(27-22(18)25-2)20-5-3-4-11-29(20)21(31)14-32-17-8-6-16(24)7-9-17/h6-9,20H,3-5,10-14H2,1-2H3,(H,25,26,27)/t20-/m1/s1. The summed E-state index contributed by atoms with van der Waals surface area (Å²) in [7, 11) is 1.82. The summed E-state index contributed by atoms with van der Waals surface area (Å²) >= 11 is 0. The van der Waals surface area contributed by atoms with Crippen molar-refractivity contribution in [1.29, 1.82) is 0 Å². The lowest BCUT2D eigenvalue weighted by Gasteiger charge is -2.36. The van der Waals surface area contributed by atoms with Gasteiger partial charge in [-0.15, -0.1) is 0 Å². The highest BCUT2D eigenvalue weighted by atomic mass is 19.1. The fraction of sp³-hybridized carbons (Fsp3) is 0.478. The third-order valence-corrected chi connectivity index (χ3v) is 6.06. The number of carbonyl (C=O) groups excluding carboxylic acids is 2. The maximum Gasteiger partial charge on any atom is 0.261 e. The van der Waals surface area contributed by atoms with Gasteiger partial charge in [0.25, 0.3) is 5.91 Å². The molecular formula is C23H28FN5O3. The maximum absolute atomic E-state index is 13.1. The lowest BCUT2D eigenvalue weighted by molar-refractivity contribution is -0.137. The predicted octanol–water partition coefficient (Wildman–Crippen LogP) is 2.69. The molecule has 1 aromatic carbocycles. The van der Waals surface area contributed by atoms with E-state index in [4.69, 9.17) is 14.7 Å². The molecular weight excluding hydrogens is 413 g/mol. The molecule has 1 saturated heterocycles. The van der Waals surface area contributed by atoms with Crippen LogP contribution in [0.1, 0.15) is 49.3 Å². The molecule has 2 aliphatic rings. The molecule has 0 bridgehead atoms. The number of rotatable bonds is 5. The molecule has 32 heavy (non-hydrogen) atoms. The van der Waals surface area contributed by atoms with Crippen LogP contribution in [0.25, 0.3) is 0 Å². The first-order valence-corrected chi connectivity index (χ1v) is 11.0. The van der Waals surface area contributed by atoms with Gasteiger partial charge in [0, 0.05) is 32.6 Å². The Morgan fingerprint density at radius 2 is 1.97 bits per heavy atom. The Labute approximate surface area is 186 Å². The van der Waals surface area contributed by atoms with Crippen LogP contribution in [0.15, 0.2) is 24.3 Å². The first-order valence-electron chi connectivity index (χ1n) is 11.0. The number of fused-ring (bicyclic) bond motifs is 1. The zero-order valence-electron chi connectivity index (χ0n) is 18.4. The number of carbonyl (C=O) groups is 2. The summed E-state index contributed by atoms with van der Waals surface area (Å²) in [5, 5.41) is 3.16. The molecule has 8 nitrogen and oxygen atoms in total. The molecule has 4 rings (SSSR count). The minimum absolute atomic E-state index is 0.0224. The van der Waals surface area contributed by atoms with Gasteiger partial charge in [-0.1, -0.05) is 0 Å². The fourth-order valence-corrected chi connectivity index (χ4v) is 4.33. The van der Waals surface area contributed by atoms with Gasteiger partial charge in [-0.3, -0.25) is 9.59 Å². The number of hydrogen-bond acceptors (Lipinski definition) is 6. The summed E-state index contributed by atoms with van der Waals surface area (Å²) in [4.78, 5) is 38.0. The number of benzene rings is 1. The van der Waals surface area contributed by atoms with Crippen LogP contribution in [0.3, 0.4) is 0 Å². The van der Waals surface area contributed by atoms with Crippen LogP contribution < -0.4 is 10.1 Å². The molecule has 1 aromatic heterocycles. The number of nitrogens with zero attached hydrogens (tertiary/aromatic N) is 4. The zero-order chi connectivity index (χ0) is 22.7. The summed E-state index contributed by atoms with van der Waals surface area (Å²) in [6, 6.07) is 5.35. The SMILES string of the molecule is CNc1nc([C@H]2CCCCN2C(=O)COc2ccc(F)cc2)nc2c1CCN(C(C)=O)C2. The molecule has 2 amide bonds. The summed E-state index contributed by atoms with van der Waals surface area (Å²) in [6.07, 6.45) is 3.34. The van der Waals surface area contributed by atoms with E-state index < -0.39 is 0 Å². The average molecular weight is 442 g/mol. The van der Waals surface area contributed by atoms with Gasteiger partial charge in [0.15, 0.2) is 12.4 Å². The van der Waals surface area contributed by atoms with Crippen LogP contribution in [-0.2, 0) is 22.6 Å². The Bertz CT molecular complexity index is 998. The quantitative estimate of drug-likeness (QED) is 0.768. The van der Waals surface area contributed by atoms with Gasteiger partial charge in [-0.25, -0.2) is 14.4 Å². The van der Waals surface area contributed by atoms with Crippen LogP contribution in [0.4, 0.5) is 10.2 Å². The van der Waals surface area contributed by atoms with Crippen molar-refractivity contribution in [2.45, 2.75) is 45.2 Å². The molecule has 0 radical (unpaired) electrons. The van der Waals surface area contributed by atoms with E-state index in [1.807, 2.05) is 7.05 Å². The number of nitrogens with one attached hydrogen (secondary N) is 1. The second kappa shape index (κ2) is 9.50. The highest BCUT2D eigenvalue weighted by molar-refractivity contribution is 5.78. The Balaban J connectivity index is 1.55. The normalized spacial score (nSPS) is 18.2. The Hall–Kier alpha value is -3.23. The summed E-state index contributed by atoms with van der Waals surface area (Å²) in [5.41, 5.74) is 1.86. The highest BCUT2D eigenvalue weighted by Crippen LogP contribution is 2.32. The van der Waals surface area contributed by atoms with Gasteiger partial charge >= 0.3 is 0 Å². The number of aromatic nitrogens is 2. The van der Waals surface area contributed by atoms with Crippen molar-refractivity contribution >= 4 is 17.6 Å². The first kappa shape index (κ1) is 22.0. The lowest BCUT2D eigenvalue weighted by Crippen LogP contribution is -2.42. The van der Waals surface area contributed by atoms with Crippen molar-refractivity contribution in [1.82, 2.24) is 19.8 Å². The molecule has 170 valence electrons. The maximum atomic E-state index is 13.1. The van der Waals surface area contributed by atoms with Crippen LogP contribution >= 0.6 is 0 Å². The molecule has 1 atom stereocenters. The molecule has 9 heteroatoms. The molecule has 1 fully saturated rings. The highest BCUT2D eigenvalue weighted by Gasteiger charge is 2.32. The molecule has 1 N–H and O–H groups in total. The predicted molar refractivity (Wildman–Crippen MR) is 117 cm³/mol. The van der Waals surface area contributed by atoms with Gasteiger partial charge in [0.2, 0.25) is 5.91 Å². The lowest BCUT2D eigenvalue weighted by atomic mass is 9.99. The third-order valence-electron chi connectivity index (χ3n) is 6.06. The van der Waals surface area contributed by atoms with E-state index in [9.17, 15) is 14.0 Å². The summed E-state index contributed by atoms with van der Waals surface area (Å²) in [6.45, 7) is 3.13. The van der Waals surface area contributed by atoms with E-state index in [0.29, 0.717) is 37.6 Å². The van der Waals surface area contributed by atoms with Gasteiger partial charge in [-0.05, 0) is 49.9 Å². The van der Waals surface area contributed by atoms with Gasteiger partial charge in [-0.2, -0.15) is 0 Å². The average Bonchev–Trinajstić information content (AvgIpc) is 2.82. The summed E-state index contributed by atoms with van der Waals surface area (Å²) < 4.78 is 18.7. The molecule has 0 aliphatic carbocycles. The van der Waals surface area contributed by atoms with Gasteiger partial charge < -0.3 is 19.9 Å². The first-order chi connectivity index (χ1) is 15.5. The molecule has 0 saturated carbocycles. The van der Waals surface area contributed by atoms with Gasteiger partial charge in [0.05, 0.1) is 18.3 Å². The zero-order valence-corrected chi connectivity index (χ0v) is 18.4. The van der Waals surface area contributed by atoms with Crippen molar-refractivity contribution in [3.05, 3.63) is 47.2 Å². The number of amides is 2. The number of hydrogen-bond donors (Lipinski definition) is 1. The second-order valence-corrected chi connectivity index (χ2v) is 8.14. The van der Waals surface area contributed by atoms with Crippen molar-refractivity contribution in [2.24, 2.45) is 0 Å². The van der Waals surface area contributed by atoms with E-state index in [-0.39, 0.29) is 30.3 Å². The molecule has 0 unspecified atom stereocenters. The third kappa shape index (κ3) is 4.66. The Kier molecular flexibility index (Phi) is 6.53. The van der Waals surface area contributed by atoms with Gasteiger partial charge in [0.1, 0.15) is 17.4 Å². The van der Waals surface area contributed by atoms with Crippen molar-refractivity contribution in [3.63, 3.8) is 0 Å². The second-order valence-electron chi connectivity index (χ2n) is 8.14. The Morgan fingerprint density at radius 1 is 1.19 bits per heavy atom. The molecule has 0 spiro atoms. The monoisotopic (exact) mass is 441 g/mol. The fourth-order valence-electron chi connectivity index (χ4n) is 4.33. The van der Waals surface area contributed by atoms with E-state index in [0.717, 1.165) is 36.3 Å². The van der Waals surface area contributed by atoms with E-state index in [1.165, 1.54) is 24.3 Å². The number of halogens is 1. The van der Waals surface area contributed by atoms with E-state index >= 15 is 0 Å². The molecule has 2 aromatic rings. The van der Waals surface area contributed by atoms with Crippen LogP contribution in [-0.4, -0.2) is 58.3 Å². The van der Waals surface area contributed by atoms with Crippen molar-refractivity contribution < 1.29 is 18.7 Å². The summed E-state index contributed by atoms with van der Waals surface area (Å²) in [5.74, 6) is 1.31. The van der Waals surface area contributed by atoms with E-state index in [2.05, 4.69) is 5.32 Å². The number of anilines is 1. The number of likely N-dealkylation sites (tertiary alicyclic amines) is 1. The topological polar surface area (TPSA) is 87.7 Å². The Morgan fingerprint density at radius 3 is 2.69 bits per heavy atom. The van der Waals surface area contributed by atoms with Crippen LogP contribution in [0.5, 0.6) is 5.75 Å². The van der Waals surface area contributed by atoms with E-state index in [1.54, 1.807) is 16.7 Å². The molecule has 3 heterocycles. The minimum Gasteiger partial charge on any atom is -0.484 e. The van der Waals surface area contributed by atoms with Crippen molar-refractivity contribution in [3.8, 4) is 5.75 Å². The number of ether oxygens (including phenoxy) is 1. The number of piperidine rings is 1. The molecule has 2 aliphatic heterocycles. The minimum atomic E-state index is -0.354. The van der Waals surface area contributed by atoms with Crippen LogP contribution in [0.2, 0.25) is 0 Å². The van der Waals surface area contributed by atoms with Crippen molar-refractivity contribution in [2.75, 3.05) is 32.1 Å². The largest absolute Gasteiger partial charge is 0.484 e. The van der Waals surface area contributed by atoms with Crippen LogP contribution in [0, 0.1) is 5.82 Å². The smallest absolute Gasteiger partial charge is 0.261 e.